The molecule has 1 unspecified atom stereocenters. The van der Waals surface area contributed by atoms with E-state index in [1.54, 1.807) is 0 Å². The van der Waals surface area contributed by atoms with Crippen LogP contribution in [0.15, 0.2) is 48.5 Å². The second-order valence-electron chi connectivity index (χ2n) is 4.90. The molecular weight excluding hydrogens is 268 g/mol. The molecular formula is C17H21ClN2. The van der Waals surface area contributed by atoms with Gasteiger partial charge < -0.3 is 10.6 Å². The molecule has 0 amide bonds. The molecule has 0 aliphatic rings. The van der Waals surface area contributed by atoms with Crippen LogP contribution in [-0.4, -0.2) is 13.1 Å². The van der Waals surface area contributed by atoms with Crippen molar-refractivity contribution in [3.8, 4) is 0 Å². The molecule has 2 N–H and O–H groups in total. The Hall–Kier alpha value is -1.51. The minimum absolute atomic E-state index is 0.0931. The van der Waals surface area contributed by atoms with Crippen LogP contribution in [0.3, 0.4) is 0 Å². The number of anilines is 1. The molecule has 0 aliphatic heterocycles. The molecule has 2 rings (SSSR count). The number of benzene rings is 2. The van der Waals surface area contributed by atoms with Crippen molar-refractivity contribution >= 4 is 17.3 Å². The van der Waals surface area contributed by atoms with Gasteiger partial charge in [0.05, 0.1) is 6.04 Å². The van der Waals surface area contributed by atoms with Crippen LogP contribution in [0.5, 0.6) is 0 Å². The number of halogens is 1. The molecule has 0 bridgehead atoms. The van der Waals surface area contributed by atoms with Gasteiger partial charge in [0.15, 0.2) is 0 Å². The van der Waals surface area contributed by atoms with E-state index in [-0.39, 0.29) is 6.04 Å². The first kappa shape index (κ1) is 14.9. The van der Waals surface area contributed by atoms with Crippen molar-refractivity contribution in [1.29, 1.82) is 0 Å². The van der Waals surface area contributed by atoms with Gasteiger partial charge in [-0.2, -0.15) is 0 Å². The predicted octanol–water partition coefficient (Wildman–Crippen LogP) is 4.17. The summed E-state index contributed by atoms with van der Waals surface area (Å²) in [6.07, 6.45) is 0. The normalized spacial score (nSPS) is 12.2. The maximum absolute atomic E-state index is 6.34. The van der Waals surface area contributed by atoms with Crippen LogP contribution in [0.25, 0.3) is 0 Å². The third-order valence-corrected chi connectivity index (χ3v) is 3.88. The molecule has 0 spiro atoms. The maximum atomic E-state index is 6.34. The SMILES string of the molecule is CCN(c1cccc(C)c1)C(CN)c1ccccc1Cl. The highest BCUT2D eigenvalue weighted by Gasteiger charge is 2.20. The zero-order valence-electron chi connectivity index (χ0n) is 12.0. The van der Waals surface area contributed by atoms with Gasteiger partial charge in [-0.1, -0.05) is 41.9 Å². The lowest BCUT2D eigenvalue weighted by Gasteiger charge is -2.33. The molecule has 2 aromatic carbocycles. The average molecular weight is 289 g/mol. The minimum Gasteiger partial charge on any atom is -0.363 e. The standard InChI is InChI=1S/C17H21ClN2/c1-3-20(14-8-6-7-13(2)11-14)17(12-19)15-9-4-5-10-16(15)18/h4-11,17H,3,12,19H2,1-2H3. The maximum Gasteiger partial charge on any atom is 0.0679 e. The van der Waals surface area contributed by atoms with Crippen molar-refractivity contribution in [2.24, 2.45) is 5.73 Å². The third kappa shape index (κ3) is 3.14. The molecule has 0 saturated heterocycles. The lowest BCUT2D eigenvalue weighted by Crippen LogP contribution is -2.33. The molecule has 0 aromatic heterocycles. The zero-order valence-corrected chi connectivity index (χ0v) is 12.8. The van der Waals surface area contributed by atoms with E-state index in [0.717, 1.165) is 17.1 Å². The second kappa shape index (κ2) is 6.78. The lowest BCUT2D eigenvalue weighted by atomic mass is 10.0. The first-order chi connectivity index (χ1) is 9.67. The Kier molecular flexibility index (Phi) is 5.05. The fourth-order valence-electron chi connectivity index (χ4n) is 2.56. The Morgan fingerprint density at radius 2 is 1.90 bits per heavy atom. The number of aryl methyl sites for hydroxylation is 1. The zero-order chi connectivity index (χ0) is 14.5. The van der Waals surface area contributed by atoms with Crippen LogP contribution < -0.4 is 10.6 Å². The average Bonchev–Trinajstić information content (AvgIpc) is 2.45. The fourth-order valence-corrected chi connectivity index (χ4v) is 2.82. The van der Waals surface area contributed by atoms with Gasteiger partial charge in [-0.15, -0.1) is 0 Å². The Labute approximate surface area is 126 Å². The largest absolute Gasteiger partial charge is 0.363 e. The van der Waals surface area contributed by atoms with Crippen molar-refractivity contribution in [3.05, 3.63) is 64.7 Å². The number of nitrogens with zero attached hydrogens (tertiary/aromatic N) is 1. The number of hydrogen-bond donors (Lipinski definition) is 1. The van der Waals surface area contributed by atoms with Crippen molar-refractivity contribution in [1.82, 2.24) is 0 Å². The highest BCUT2D eigenvalue weighted by atomic mass is 35.5. The third-order valence-electron chi connectivity index (χ3n) is 3.54. The fraction of sp³-hybridized carbons (Fsp3) is 0.294. The summed E-state index contributed by atoms with van der Waals surface area (Å²) >= 11 is 6.34. The smallest absolute Gasteiger partial charge is 0.0679 e. The first-order valence-electron chi connectivity index (χ1n) is 6.95. The summed E-state index contributed by atoms with van der Waals surface area (Å²) in [7, 11) is 0. The Balaban J connectivity index is 2.40. The summed E-state index contributed by atoms with van der Waals surface area (Å²) in [5.41, 5.74) is 9.54. The van der Waals surface area contributed by atoms with Gasteiger partial charge in [-0.3, -0.25) is 0 Å². The van der Waals surface area contributed by atoms with Crippen LogP contribution in [0.2, 0.25) is 5.02 Å². The van der Waals surface area contributed by atoms with Crippen molar-refractivity contribution in [2.45, 2.75) is 19.9 Å². The Morgan fingerprint density at radius 3 is 2.50 bits per heavy atom. The van der Waals surface area contributed by atoms with E-state index < -0.39 is 0 Å². The van der Waals surface area contributed by atoms with Crippen LogP contribution in [-0.2, 0) is 0 Å². The highest BCUT2D eigenvalue weighted by molar-refractivity contribution is 6.31. The lowest BCUT2D eigenvalue weighted by molar-refractivity contribution is 0.643. The van der Waals surface area contributed by atoms with Gasteiger partial charge in [-0.25, -0.2) is 0 Å². The highest BCUT2D eigenvalue weighted by Crippen LogP contribution is 2.30. The van der Waals surface area contributed by atoms with E-state index in [9.17, 15) is 0 Å². The van der Waals surface area contributed by atoms with Gasteiger partial charge in [0, 0.05) is 23.8 Å². The van der Waals surface area contributed by atoms with E-state index >= 15 is 0 Å². The molecule has 3 heteroatoms. The van der Waals surface area contributed by atoms with Crippen molar-refractivity contribution in [2.75, 3.05) is 18.0 Å². The topological polar surface area (TPSA) is 29.3 Å². The molecule has 0 radical (unpaired) electrons. The van der Waals surface area contributed by atoms with E-state index in [1.807, 2.05) is 18.2 Å². The summed E-state index contributed by atoms with van der Waals surface area (Å²) in [5.74, 6) is 0. The molecule has 0 heterocycles. The van der Waals surface area contributed by atoms with Crippen LogP contribution in [0, 0.1) is 6.92 Å². The molecule has 106 valence electrons. The van der Waals surface area contributed by atoms with E-state index in [4.69, 9.17) is 17.3 Å². The molecule has 20 heavy (non-hydrogen) atoms. The van der Waals surface area contributed by atoms with Crippen molar-refractivity contribution < 1.29 is 0 Å². The summed E-state index contributed by atoms with van der Waals surface area (Å²) in [5, 5.41) is 0.772. The monoisotopic (exact) mass is 288 g/mol. The first-order valence-corrected chi connectivity index (χ1v) is 7.33. The van der Waals surface area contributed by atoms with Gasteiger partial charge in [-0.05, 0) is 43.2 Å². The van der Waals surface area contributed by atoms with Gasteiger partial charge in [0.1, 0.15) is 0 Å². The molecule has 0 saturated carbocycles. The summed E-state index contributed by atoms with van der Waals surface area (Å²) < 4.78 is 0. The van der Waals surface area contributed by atoms with E-state index in [2.05, 4.69) is 49.1 Å². The number of hydrogen-bond acceptors (Lipinski definition) is 2. The number of likely N-dealkylation sites (N-methyl/N-ethyl adjacent to an activating group) is 1. The second-order valence-corrected chi connectivity index (χ2v) is 5.31. The molecule has 0 fully saturated rings. The molecule has 0 aliphatic carbocycles. The van der Waals surface area contributed by atoms with Crippen molar-refractivity contribution in [3.63, 3.8) is 0 Å². The summed E-state index contributed by atoms with van der Waals surface area (Å²) in [4.78, 5) is 2.30. The minimum atomic E-state index is 0.0931. The molecule has 2 aromatic rings. The number of nitrogens with two attached hydrogens (primary N) is 1. The van der Waals surface area contributed by atoms with E-state index in [1.165, 1.54) is 11.3 Å². The van der Waals surface area contributed by atoms with Gasteiger partial charge >= 0.3 is 0 Å². The summed E-state index contributed by atoms with van der Waals surface area (Å²) in [6.45, 7) is 5.66. The molecule has 1 atom stereocenters. The van der Waals surface area contributed by atoms with Gasteiger partial charge in [0.25, 0.3) is 0 Å². The number of rotatable bonds is 5. The van der Waals surface area contributed by atoms with Gasteiger partial charge in [0.2, 0.25) is 0 Å². The Morgan fingerprint density at radius 1 is 1.15 bits per heavy atom. The van der Waals surface area contributed by atoms with Crippen LogP contribution >= 0.6 is 11.6 Å². The predicted molar refractivity (Wildman–Crippen MR) is 87.4 cm³/mol. The summed E-state index contributed by atoms with van der Waals surface area (Å²) in [6, 6.07) is 16.5. The quantitative estimate of drug-likeness (QED) is 0.894. The van der Waals surface area contributed by atoms with E-state index in [0.29, 0.717) is 6.54 Å². The molecule has 2 nitrogen and oxygen atoms in total. The Bertz CT molecular complexity index is 568. The van der Waals surface area contributed by atoms with Crippen LogP contribution in [0.1, 0.15) is 24.1 Å². The van der Waals surface area contributed by atoms with Crippen LogP contribution in [0.4, 0.5) is 5.69 Å².